The number of pyridine rings is 1. The standard InChI is InChI=1S/C21H28N4O3S/c1-16-7-8-17(2)19(13-16)23-21(26)15-24(3)20-10-9-18(14-22-20)29(27,28)25-11-5-4-6-12-25/h7-10,13-14H,4-6,11-12,15H2,1-3H3,(H,23,26). The molecule has 0 spiro atoms. The minimum atomic E-state index is -3.50. The van der Waals surface area contributed by atoms with Gasteiger partial charge in [-0.3, -0.25) is 4.79 Å². The quantitative estimate of drug-likeness (QED) is 0.783. The zero-order chi connectivity index (χ0) is 21.0. The molecule has 0 aliphatic carbocycles. The van der Waals surface area contributed by atoms with Gasteiger partial charge in [0.15, 0.2) is 0 Å². The van der Waals surface area contributed by atoms with Gasteiger partial charge in [0.05, 0.1) is 6.54 Å². The second-order valence-corrected chi connectivity index (χ2v) is 9.48. The van der Waals surface area contributed by atoms with Gasteiger partial charge in [-0.25, -0.2) is 13.4 Å². The number of piperidine rings is 1. The predicted octanol–water partition coefficient (Wildman–Crippen LogP) is 2.95. The van der Waals surface area contributed by atoms with E-state index in [1.165, 1.54) is 10.5 Å². The van der Waals surface area contributed by atoms with Crippen LogP contribution in [0.15, 0.2) is 41.4 Å². The Morgan fingerprint density at radius 3 is 2.52 bits per heavy atom. The number of sulfonamides is 1. The molecule has 0 bridgehead atoms. The van der Waals surface area contributed by atoms with E-state index >= 15 is 0 Å². The molecule has 1 saturated heterocycles. The van der Waals surface area contributed by atoms with Crippen molar-refractivity contribution in [1.29, 1.82) is 0 Å². The Balaban J connectivity index is 1.64. The summed E-state index contributed by atoms with van der Waals surface area (Å²) >= 11 is 0. The number of carbonyl (C=O) groups is 1. The number of benzene rings is 1. The van der Waals surface area contributed by atoms with E-state index in [-0.39, 0.29) is 17.3 Å². The summed E-state index contributed by atoms with van der Waals surface area (Å²) in [5.74, 6) is 0.381. The fourth-order valence-corrected chi connectivity index (χ4v) is 4.82. The minimum Gasteiger partial charge on any atom is -0.350 e. The number of carbonyl (C=O) groups excluding carboxylic acids is 1. The molecular weight excluding hydrogens is 388 g/mol. The number of amides is 1. The van der Waals surface area contributed by atoms with Gasteiger partial charge < -0.3 is 10.2 Å². The summed E-state index contributed by atoms with van der Waals surface area (Å²) in [6, 6.07) is 9.11. The van der Waals surface area contributed by atoms with Crippen LogP contribution in [-0.4, -0.2) is 50.3 Å². The third kappa shape index (κ3) is 5.13. The van der Waals surface area contributed by atoms with E-state index < -0.39 is 10.0 Å². The van der Waals surface area contributed by atoms with Crippen LogP contribution < -0.4 is 10.2 Å². The van der Waals surface area contributed by atoms with Crippen molar-refractivity contribution in [2.24, 2.45) is 0 Å². The lowest BCUT2D eigenvalue weighted by molar-refractivity contribution is -0.114. The molecule has 2 heterocycles. The molecule has 1 N–H and O–H groups in total. The molecule has 2 aromatic rings. The van der Waals surface area contributed by atoms with Gasteiger partial charge in [0.2, 0.25) is 15.9 Å². The second kappa shape index (κ2) is 8.92. The molecule has 0 saturated carbocycles. The van der Waals surface area contributed by atoms with Gasteiger partial charge in [-0.2, -0.15) is 4.31 Å². The van der Waals surface area contributed by atoms with Crippen molar-refractivity contribution in [2.75, 3.05) is 36.9 Å². The van der Waals surface area contributed by atoms with Crippen LogP contribution >= 0.6 is 0 Å². The summed E-state index contributed by atoms with van der Waals surface area (Å²) < 4.78 is 27.0. The zero-order valence-electron chi connectivity index (χ0n) is 17.2. The second-order valence-electron chi connectivity index (χ2n) is 7.54. The maximum atomic E-state index is 12.7. The molecule has 0 radical (unpaired) electrons. The average Bonchev–Trinajstić information content (AvgIpc) is 2.71. The van der Waals surface area contributed by atoms with E-state index in [0.717, 1.165) is 36.1 Å². The summed E-state index contributed by atoms with van der Waals surface area (Å²) in [7, 11) is -1.75. The highest BCUT2D eigenvalue weighted by molar-refractivity contribution is 7.89. The molecule has 7 nitrogen and oxygen atoms in total. The Hall–Kier alpha value is -2.45. The molecule has 29 heavy (non-hydrogen) atoms. The first-order valence-electron chi connectivity index (χ1n) is 9.82. The van der Waals surface area contributed by atoms with Crippen molar-refractivity contribution >= 4 is 27.4 Å². The van der Waals surface area contributed by atoms with Crippen LogP contribution in [0.1, 0.15) is 30.4 Å². The molecule has 3 rings (SSSR count). The first-order valence-corrected chi connectivity index (χ1v) is 11.3. The van der Waals surface area contributed by atoms with Gasteiger partial charge >= 0.3 is 0 Å². The van der Waals surface area contributed by atoms with Crippen molar-refractivity contribution in [1.82, 2.24) is 9.29 Å². The number of likely N-dealkylation sites (N-methyl/N-ethyl adjacent to an activating group) is 1. The van der Waals surface area contributed by atoms with Crippen LogP contribution in [0.5, 0.6) is 0 Å². The lowest BCUT2D eigenvalue weighted by Crippen LogP contribution is -2.35. The van der Waals surface area contributed by atoms with Crippen molar-refractivity contribution in [3.8, 4) is 0 Å². The number of nitrogens with one attached hydrogen (secondary N) is 1. The van der Waals surface area contributed by atoms with Gasteiger partial charge in [-0.1, -0.05) is 18.6 Å². The van der Waals surface area contributed by atoms with Gasteiger partial charge in [0.25, 0.3) is 0 Å². The maximum absolute atomic E-state index is 12.7. The summed E-state index contributed by atoms with van der Waals surface area (Å²) in [6.07, 6.45) is 4.22. The third-order valence-electron chi connectivity index (χ3n) is 5.11. The molecule has 0 atom stereocenters. The number of aryl methyl sites for hydroxylation is 2. The molecule has 8 heteroatoms. The van der Waals surface area contributed by atoms with Crippen molar-refractivity contribution in [2.45, 2.75) is 38.0 Å². The van der Waals surface area contributed by atoms with Crippen LogP contribution in [0.4, 0.5) is 11.5 Å². The number of anilines is 2. The number of hydrogen-bond donors (Lipinski definition) is 1. The van der Waals surface area contributed by atoms with E-state index in [0.29, 0.717) is 18.9 Å². The van der Waals surface area contributed by atoms with Crippen molar-refractivity contribution < 1.29 is 13.2 Å². The van der Waals surface area contributed by atoms with Crippen LogP contribution in [0.2, 0.25) is 0 Å². The fourth-order valence-electron chi connectivity index (χ4n) is 3.36. The molecule has 1 aliphatic heterocycles. The summed E-state index contributed by atoms with van der Waals surface area (Å²) in [5.41, 5.74) is 2.86. The van der Waals surface area contributed by atoms with Gasteiger partial charge in [-0.15, -0.1) is 0 Å². The molecule has 1 aromatic carbocycles. The highest BCUT2D eigenvalue weighted by Gasteiger charge is 2.26. The van der Waals surface area contributed by atoms with Gasteiger partial charge in [-0.05, 0) is 56.0 Å². The predicted molar refractivity (Wildman–Crippen MR) is 115 cm³/mol. The first kappa shape index (κ1) is 21.3. The van der Waals surface area contributed by atoms with E-state index in [1.54, 1.807) is 24.1 Å². The van der Waals surface area contributed by atoms with E-state index in [9.17, 15) is 13.2 Å². The van der Waals surface area contributed by atoms with Crippen LogP contribution in [0, 0.1) is 13.8 Å². The van der Waals surface area contributed by atoms with Gasteiger partial charge in [0.1, 0.15) is 10.7 Å². The van der Waals surface area contributed by atoms with E-state index in [4.69, 9.17) is 0 Å². The molecule has 156 valence electrons. The highest BCUT2D eigenvalue weighted by Crippen LogP contribution is 2.21. The van der Waals surface area contributed by atoms with E-state index in [1.807, 2.05) is 32.0 Å². The van der Waals surface area contributed by atoms with E-state index in [2.05, 4.69) is 10.3 Å². The normalized spacial score (nSPS) is 15.1. The minimum absolute atomic E-state index is 0.110. The molecule has 0 unspecified atom stereocenters. The Bertz CT molecular complexity index is 968. The molecule has 1 fully saturated rings. The Morgan fingerprint density at radius 2 is 1.86 bits per heavy atom. The van der Waals surface area contributed by atoms with Crippen LogP contribution in [-0.2, 0) is 14.8 Å². The van der Waals surface area contributed by atoms with Crippen molar-refractivity contribution in [3.05, 3.63) is 47.7 Å². The Labute approximate surface area is 172 Å². The SMILES string of the molecule is Cc1ccc(C)c(NC(=O)CN(C)c2ccc(S(=O)(=O)N3CCCCC3)cn2)c1. The third-order valence-corrected chi connectivity index (χ3v) is 6.99. The first-order chi connectivity index (χ1) is 13.8. The molecule has 1 aromatic heterocycles. The maximum Gasteiger partial charge on any atom is 0.244 e. The largest absolute Gasteiger partial charge is 0.350 e. The van der Waals surface area contributed by atoms with Crippen LogP contribution in [0.25, 0.3) is 0 Å². The Morgan fingerprint density at radius 1 is 1.14 bits per heavy atom. The monoisotopic (exact) mass is 416 g/mol. The average molecular weight is 417 g/mol. The number of aromatic nitrogens is 1. The Kier molecular flexibility index (Phi) is 6.54. The fraction of sp³-hybridized carbons (Fsp3) is 0.429. The summed E-state index contributed by atoms with van der Waals surface area (Å²) in [4.78, 5) is 18.6. The summed E-state index contributed by atoms with van der Waals surface area (Å²) in [6.45, 7) is 5.15. The van der Waals surface area contributed by atoms with Gasteiger partial charge in [0, 0.05) is 32.0 Å². The highest BCUT2D eigenvalue weighted by atomic mass is 32.2. The molecule has 1 aliphatic rings. The topological polar surface area (TPSA) is 82.6 Å². The lowest BCUT2D eigenvalue weighted by Gasteiger charge is -2.26. The number of hydrogen-bond acceptors (Lipinski definition) is 5. The van der Waals surface area contributed by atoms with Crippen LogP contribution in [0.3, 0.4) is 0 Å². The summed E-state index contributed by atoms with van der Waals surface area (Å²) in [5, 5.41) is 2.92. The van der Waals surface area contributed by atoms with Crippen molar-refractivity contribution in [3.63, 3.8) is 0 Å². The lowest BCUT2D eigenvalue weighted by atomic mass is 10.1. The molecule has 1 amide bonds. The molecular formula is C21H28N4O3S. The number of nitrogens with zero attached hydrogens (tertiary/aromatic N) is 3. The zero-order valence-corrected chi connectivity index (χ0v) is 18.0. The number of rotatable bonds is 6. The smallest absolute Gasteiger partial charge is 0.244 e.